The van der Waals surface area contributed by atoms with Gasteiger partial charge in [0.15, 0.2) is 6.61 Å². The predicted octanol–water partition coefficient (Wildman–Crippen LogP) is 0.863. The molecule has 2 rings (SSSR count). The van der Waals surface area contributed by atoms with Gasteiger partial charge in [-0.3, -0.25) is 4.79 Å². The van der Waals surface area contributed by atoms with E-state index in [0.717, 1.165) is 12.3 Å². The lowest BCUT2D eigenvalue weighted by molar-refractivity contribution is -0.142. The molecule has 1 aromatic rings. The minimum Gasteiger partial charge on any atom is -0.497 e. The minimum atomic E-state index is -0.00836. The van der Waals surface area contributed by atoms with Gasteiger partial charge in [0.25, 0.3) is 5.91 Å². The summed E-state index contributed by atoms with van der Waals surface area (Å²) in [6.07, 6.45) is 0. The van der Waals surface area contributed by atoms with Gasteiger partial charge in [0, 0.05) is 13.1 Å². The number of amides is 1. The van der Waals surface area contributed by atoms with Gasteiger partial charge >= 0.3 is 0 Å². The Labute approximate surface area is 131 Å². The van der Waals surface area contributed by atoms with Crippen LogP contribution in [0, 0.1) is 0 Å². The number of carbonyl (C=O) groups excluding carboxylic acids is 1. The zero-order chi connectivity index (χ0) is 15.9. The molecule has 122 valence electrons. The van der Waals surface area contributed by atoms with E-state index in [1.165, 1.54) is 0 Å². The van der Waals surface area contributed by atoms with Crippen LogP contribution in [0.4, 0.5) is 0 Å². The molecule has 0 saturated carbocycles. The van der Waals surface area contributed by atoms with Crippen LogP contribution in [-0.2, 0) is 9.53 Å². The quantitative estimate of drug-likeness (QED) is 0.780. The predicted molar refractivity (Wildman–Crippen MR) is 83.4 cm³/mol. The van der Waals surface area contributed by atoms with E-state index in [-0.39, 0.29) is 18.6 Å². The SMILES string of the molecule is COc1ccc(OCC(=O)N2CCOC[C@H]2CN(C)C)cc1. The number of methoxy groups -OCH3 is 1. The molecule has 1 aromatic carbocycles. The van der Waals surface area contributed by atoms with Crippen molar-refractivity contribution in [1.29, 1.82) is 0 Å². The summed E-state index contributed by atoms with van der Waals surface area (Å²) in [6, 6.07) is 7.29. The van der Waals surface area contributed by atoms with E-state index in [0.29, 0.717) is 25.5 Å². The molecule has 1 heterocycles. The standard InChI is InChI=1S/C16H24N2O4/c1-17(2)10-13-11-21-9-8-18(13)16(19)12-22-15-6-4-14(20-3)5-7-15/h4-7,13H,8-12H2,1-3H3/t13-/m1/s1. The summed E-state index contributed by atoms with van der Waals surface area (Å²) in [6.45, 7) is 2.60. The van der Waals surface area contributed by atoms with Crippen LogP contribution in [0.15, 0.2) is 24.3 Å². The Balaban J connectivity index is 1.88. The highest BCUT2D eigenvalue weighted by Crippen LogP contribution is 2.17. The first-order valence-corrected chi connectivity index (χ1v) is 7.39. The molecule has 0 bridgehead atoms. The van der Waals surface area contributed by atoms with Crippen LogP contribution in [0.5, 0.6) is 11.5 Å². The van der Waals surface area contributed by atoms with Crippen molar-refractivity contribution in [3.8, 4) is 11.5 Å². The van der Waals surface area contributed by atoms with Gasteiger partial charge in [-0.05, 0) is 38.4 Å². The molecule has 0 aliphatic carbocycles. The Hall–Kier alpha value is -1.79. The molecule has 6 nitrogen and oxygen atoms in total. The molecule has 1 amide bonds. The summed E-state index contributed by atoms with van der Waals surface area (Å²) in [4.78, 5) is 16.3. The van der Waals surface area contributed by atoms with Crippen LogP contribution >= 0.6 is 0 Å². The zero-order valence-electron chi connectivity index (χ0n) is 13.4. The molecule has 6 heteroatoms. The number of ether oxygens (including phenoxy) is 3. The summed E-state index contributed by atoms with van der Waals surface area (Å²) in [5, 5.41) is 0. The third-order valence-corrected chi connectivity index (χ3v) is 3.55. The number of carbonyl (C=O) groups is 1. The molecule has 1 fully saturated rings. The lowest BCUT2D eigenvalue weighted by Gasteiger charge is -2.36. The fourth-order valence-corrected chi connectivity index (χ4v) is 2.46. The highest BCUT2D eigenvalue weighted by atomic mass is 16.5. The summed E-state index contributed by atoms with van der Waals surface area (Å²) in [5.41, 5.74) is 0. The van der Waals surface area contributed by atoms with E-state index in [2.05, 4.69) is 4.90 Å². The monoisotopic (exact) mass is 308 g/mol. The molecule has 1 aliphatic heterocycles. The van der Waals surface area contributed by atoms with E-state index in [4.69, 9.17) is 14.2 Å². The smallest absolute Gasteiger partial charge is 0.260 e. The molecule has 0 unspecified atom stereocenters. The van der Waals surface area contributed by atoms with Gasteiger partial charge < -0.3 is 24.0 Å². The Morgan fingerprint density at radius 1 is 1.32 bits per heavy atom. The van der Waals surface area contributed by atoms with Crippen molar-refractivity contribution >= 4 is 5.91 Å². The molecule has 22 heavy (non-hydrogen) atoms. The summed E-state index contributed by atoms with van der Waals surface area (Å²) in [7, 11) is 5.60. The maximum Gasteiger partial charge on any atom is 0.260 e. The summed E-state index contributed by atoms with van der Waals surface area (Å²) in [5.74, 6) is 1.41. The average Bonchev–Trinajstić information content (AvgIpc) is 2.53. The Kier molecular flexibility index (Phi) is 6.03. The number of likely N-dealkylation sites (N-methyl/N-ethyl adjacent to an activating group) is 1. The number of rotatable bonds is 6. The largest absolute Gasteiger partial charge is 0.497 e. The fourth-order valence-electron chi connectivity index (χ4n) is 2.46. The van der Waals surface area contributed by atoms with Gasteiger partial charge in [-0.1, -0.05) is 0 Å². The van der Waals surface area contributed by atoms with Crippen LogP contribution in [0.1, 0.15) is 0 Å². The molecular formula is C16H24N2O4. The topological polar surface area (TPSA) is 51.2 Å². The molecule has 0 aromatic heterocycles. The number of morpholine rings is 1. The second-order valence-corrected chi connectivity index (χ2v) is 5.54. The van der Waals surface area contributed by atoms with Gasteiger partial charge in [0.2, 0.25) is 0 Å². The Morgan fingerprint density at radius 2 is 2.00 bits per heavy atom. The van der Waals surface area contributed by atoms with Crippen molar-refractivity contribution in [1.82, 2.24) is 9.80 Å². The van der Waals surface area contributed by atoms with Crippen LogP contribution in [0.2, 0.25) is 0 Å². The van der Waals surface area contributed by atoms with Crippen molar-refractivity contribution in [2.45, 2.75) is 6.04 Å². The van der Waals surface area contributed by atoms with Crippen LogP contribution in [0.25, 0.3) is 0 Å². The van der Waals surface area contributed by atoms with E-state index >= 15 is 0 Å². The van der Waals surface area contributed by atoms with E-state index in [1.807, 2.05) is 31.1 Å². The summed E-state index contributed by atoms with van der Waals surface area (Å²) >= 11 is 0. The Bertz CT molecular complexity index is 476. The number of hydrogen-bond acceptors (Lipinski definition) is 5. The second-order valence-electron chi connectivity index (χ2n) is 5.54. The molecule has 0 radical (unpaired) electrons. The van der Waals surface area contributed by atoms with Crippen molar-refractivity contribution in [3.63, 3.8) is 0 Å². The first-order chi connectivity index (χ1) is 10.6. The molecule has 1 aliphatic rings. The lowest BCUT2D eigenvalue weighted by atomic mass is 10.2. The van der Waals surface area contributed by atoms with Crippen molar-refractivity contribution in [3.05, 3.63) is 24.3 Å². The van der Waals surface area contributed by atoms with Gasteiger partial charge in [-0.2, -0.15) is 0 Å². The molecule has 0 spiro atoms. The van der Waals surface area contributed by atoms with Crippen LogP contribution < -0.4 is 9.47 Å². The van der Waals surface area contributed by atoms with Gasteiger partial charge in [-0.15, -0.1) is 0 Å². The third-order valence-electron chi connectivity index (χ3n) is 3.55. The fraction of sp³-hybridized carbons (Fsp3) is 0.562. The van der Waals surface area contributed by atoms with E-state index in [1.54, 1.807) is 19.2 Å². The van der Waals surface area contributed by atoms with Crippen molar-refractivity contribution in [2.75, 3.05) is 54.1 Å². The van der Waals surface area contributed by atoms with Gasteiger partial charge in [0.1, 0.15) is 11.5 Å². The van der Waals surface area contributed by atoms with Crippen LogP contribution in [-0.4, -0.2) is 75.9 Å². The molecule has 1 atom stereocenters. The van der Waals surface area contributed by atoms with Crippen molar-refractivity contribution < 1.29 is 19.0 Å². The first kappa shape index (κ1) is 16.6. The minimum absolute atomic E-state index is 0.00836. The number of hydrogen-bond donors (Lipinski definition) is 0. The first-order valence-electron chi connectivity index (χ1n) is 7.39. The third kappa shape index (κ3) is 4.61. The highest BCUT2D eigenvalue weighted by molar-refractivity contribution is 5.78. The highest BCUT2D eigenvalue weighted by Gasteiger charge is 2.27. The molecule has 0 N–H and O–H groups in total. The lowest BCUT2D eigenvalue weighted by Crippen LogP contribution is -2.53. The maximum absolute atomic E-state index is 12.4. The molecular weight excluding hydrogens is 284 g/mol. The van der Waals surface area contributed by atoms with E-state index < -0.39 is 0 Å². The van der Waals surface area contributed by atoms with Gasteiger partial charge in [0.05, 0.1) is 26.4 Å². The van der Waals surface area contributed by atoms with Crippen molar-refractivity contribution in [2.24, 2.45) is 0 Å². The summed E-state index contributed by atoms with van der Waals surface area (Å²) < 4.78 is 16.1. The molecule has 1 saturated heterocycles. The Morgan fingerprint density at radius 3 is 2.64 bits per heavy atom. The van der Waals surface area contributed by atoms with Crippen LogP contribution in [0.3, 0.4) is 0 Å². The average molecular weight is 308 g/mol. The number of nitrogens with zero attached hydrogens (tertiary/aromatic N) is 2. The number of benzene rings is 1. The van der Waals surface area contributed by atoms with Gasteiger partial charge in [-0.25, -0.2) is 0 Å². The zero-order valence-corrected chi connectivity index (χ0v) is 13.4. The maximum atomic E-state index is 12.4. The van der Waals surface area contributed by atoms with E-state index in [9.17, 15) is 4.79 Å². The normalized spacial score (nSPS) is 18.4. The second kappa shape index (κ2) is 8.00.